The summed E-state index contributed by atoms with van der Waals surface area (Å²) in [6.07, 6.45) is 1.58. The molecule has 0 amide bonds. The molecule has 0 aliphatic carbocycles. The molecule has 0 radical (unpaired) electrons. The molecule has 2 rings (SSSR count). The van der Waals surface area contributed by atoms with Gasteiger partial charge in [0, 0.05) is 11.8 Å². The highest BCUT2D eigenvalue weighted by atomic mass is 35.5. The molecule has 2 aromatic heterocycles. The lowest BCUT2D eigenvalue weighted by Crippen LogP contribution is -2.04. The third-order valence-electron chi connectivity index (χ3n) is 2.10. The molecular formula is C10H8ClFN2O2S. The van der Waals surface area contributed by atoms with Crippen LogP contribution in [0.3, 0.4) is 0 Å². The van der Waals surface area contributed by atoms with Crippen molar-refractivity contribution in [3.8, 4) is 5.88 Å². The number of aliphatic hydroxyl groups is 1. The standard InChI is InChI=1S/C10H8ClFN2O2S/c1-16-9-7(12)5(2-3-13-9)8(15)10-14-4-6(11)17-10/h2-4,8,15H,1H3. The number of aliphatic hydroxyl groups excluding tert-OH is 1. The van der Waals surface area contributed by atoms with Gasteiger partial charge in [0.25, 0.3) is 0 Å². The molecule has 4 nitrogen and oxygen atoms in total. The SMILES string of the molecule is COc1nccc(C(O)c2ncc(Cl)s2)c1F. The first-order valence-corrected chi connectivity index (χ1v) is 5.80. The lowest BCUT2D eigenvalue weighted by molar-refractivity contribution is 0.212. The molecule has 1 N–H and O–H groups in total. The molecule has 0 fully saturated rings. The van der Waals surface area contributed by atoms with Gasteiger partial charge in [-0.1, -0.05) is 11.6 Å². The summed E-state index contributed by atoms with van der Waals surface area (Å²) in [4.78, 5) is 7.58. The average molecular weight is 275 g/mol. The second-order valence-electron chi connectivity index (χ2n) is 3.13. The molecule has 1 unspecified atom stereocenters. The second kappa shape index (κ2) is 4.95. The number of halogens is 2. The predicted octanol–water partition coefficient (Wildman–Crippen LogP) is 2.42. The highest BCUT2D eigenvalue weighted by molar-refractivity contribution is 7.15. The molecule has 0 aromatic carbocycles. The van der Waals surface area contributed by atoms with Crippen LogP contribution in [0.4, 0.5) is 4.39 Å². The molecule has 0 aliphatic rings. The summed E-state index contributed by atoms with van der Waals surface area (Å²) < 4.78 is 19.0. The van der Waals surface area contributed by atoms with Crippen molar-refractivity contribution >= 4 is 22.9 Å². The van der Waals surface area contributed by atoms with Crippen molar-refractivity contribution in [2.75, 3.05) is 7.11 Å². The van der Waals surface area contributed by atoms with E-state index in [0.29, 0.717) is 9.34 Å². The van der Waals surface area contributed by atoms with Crippen molar-refractivity contribution in [1.29, 1.82) is 0 Å². The van der Waals surface area contributed by atoms with Gasteiger partial charge in [0.2, 0.25) is 5.88 Å². The van der Waals surface area contributed by atoms with Crippen LogP contribution in [0.2, 0.25) is 4.34 Å². The number of hydrogen-bond acceptors (Lipinski definition) is 5. The Bertz CT molecular complexity index is 535. The number of thiazole rings is 1. The monoisotopic (exact) mass is 274 g/mol. The third-order valence-corrected chi connectivity index (χ3v) is 3.27. The molecule has 2 heterocycles. The first kappa shape index (κ1) is 12.2. The molecule has 17 heavy (non-hydrogen) atoms. The maximum absolute atomic E-state index is 13.8. The van der Waals surface area contributed by atoms with E-state index in [1.54, 1.807) is 0 Å². The number of methoxy groups -OCH3 is 1. The summed E-state index contributed by atoms with van der Waals surface area (Å²) in [7, 11) is 1.31. The molecule has 1 atom stereocenters. The zero-order valence-electron chi connectivity index (χ0n) is 8.72. The smallest absolute Gasteiger partial charge is 0.250 e. The zero-order valence-corrected chi connectivity index (χ0v) is 10.3. The van der Waals surface area contributed by atoms with Gasteiger partial charge in [-0.2, -0.15) is 0 Å². The Kier molecular flexibility index (Phi) is 3.56. The van der Waals surface area contributed by atoms with Crippen molar-refractivity contribution < 1.29 is 14.2 Å². The number of ether oxygens (including phenoxy) is 1. The van der Waals surface area contributed by atoms with Crippen LogP contribution < -0.4 is 4.74 Å². The lowest BCUT2D eigenvalue weighted by Gasteiger charge is -2.10. The van der Waals surface area contributed by atoms with Gasteiger partial charge < -0.3 is 9.84 Å². The minimum absolute atomic E-state index is 0.0582. The second-order valence-corrected chi connectivity index (χ2v) is 4.82. The van der Waals surface area contributed by atoms with Gasteiger partial charge in [-0.25, -0.2) is 14.4 Å². The van der Waals surface area contributed by atoms with E-state index >= 15 is 0 Å². The fourth-order valence-electron chi connectivity index (χ4n) is 1.32. The Labute approximate surface area is 106 Å². The van der Waals surface area contributed by atoms with E-state index in [9.17, 15) is 9.50 Å². The summed E-state index contributed by atoms with van der Waals surface area (Å²) in [6, 6.07) is 1.37. The van der Waals surface area contributed by atoms with Crippen molar-refractivity contribution in [3.63, 3.8) is 0 Å². The van der Waals surface area contributed by atoms with E-state index in [1.807, 2.05) is 0 Å². The van der Waals surface area contributed by atoms with Crippen LogP contribution in [0, 0.1) is 5.82 Å². The van der Waals surface area contributed by atoms with Crippen molar-refractivity contribution in [2.24, 2.45) is 0 Å². The van der Waals surface area contributed by atoms with Crippen molar-refractivity contribution in [3.05, 3.63) is 39.2 Å². The summed E-state index contributed by atoms with van der Waals surface area (Å²) in [6.45, 7) is 0. The summed E-state index contributed by atoms with van der Waals surface area (Å²) in [5.41, 5.74) is 0.0582. The number of rotatable bonds is 3. The number of aromatic nitrogens is 2. The Balaban J connectivity index is 2.40. The molecule has 90 valence electrons. The van der Waals surface area contributed by atoms with Gasteiger partial charge in [0.1, 0.15) is 15.4 Å². The summed E-state index contributed by atoms with van der Waals surface area (Å²) in [5, 5.41) is 10.3. The van der Waals surface area contributed by atoms with E-state index in [4.69, 9.17) is 16.3 Å². The topological polar surface area (TPSA) is 55.2 Å². The van der Waals surface area contributed by atoms with Crippen LogP contribution in [0.15, 0.2) is 18.5 Å². The van der Waals surface area contributed by atoms with Crippen LogP contribution in [0.5, 0.6) is 5.88 Å². The minimum Gasteiger partial charge on any atom is -0.479 e. The van der Waals surface area contributed by atoms with E-state index in [2.05, 4.69) is 9.97 Å². The predicted molar refractivity (Wildman–Crippen MR) is 61.9 cm³/mol. The van der Waals surface area contributed by atoms with Crippen LogP contribution >= 0.6 is 22.9 Å². The van der Waals surface area contributed by atoms with Crippen LogP contribution in [0.1, 0.15) is 16.7 Å². The third kappa shape index (κ3) is 2.38. The molecule has 0 saturated carbocycles. The zero-order chi connectivity index (χ0) is 12.4. The Morgan fingerprint density at radius 3 is 2.88 bits per heavy atom. The molecule has 0 spiro atoms. The van der Waals surface area contributed by atoms with Gasteiger partial charge in [0.15, 0.2) is 5.82 Å². The highest BCUT2D eigenvalue weighted by Gasteiger charge is 2.21. The quantitative estimate of drug-likeness (QED) is 0.934. The fraction of sp³-hybridized carbons (Fsp3) is 0.200. The molecule has 0 bridgehead atoms. The molecule has 2 aromatic rings. The first-order chi connectivity index (χ1) is 8.13. The fourth-order valence-corrected chi connectivity index (χ4v) is 2.25. The maximum atomic E-state index is 13.8. The Morgan fingerprint density at radius 2 is 2.29 bits per heavy atom. The van der Waals surface area contributed by atoms with E-state index < -0.39 is 11.9 Å². The maximum Gasteiger partial charge on any atom is 0.250 e. The summed E-state index contributed by atoms with van der Waals surface area (Å²) in [5.74, 6) is -0.863. The van der Waals surface area contributed by atoms with Crippen molar-refractivity contribution in [2.45, 2.75) is 6.10 Å². The van der Waals surface area contributed by atoms with Crippen molar-refractivity contribution in [1.82, 2.24) is 9.97 Å². The van der Waals surface area contributed by atoms with Gasteiger partial charge >= 0.3 is 0 Å². The van der Waals surface area contributed by atoms with Gasteiger partial charge in [-0.3, -0.25) is 0 Å². The van der Waals surface area contributed by atoms with E-state index in [1.165, 1.54) is 25.6 Å². The normalized spacial score (nSPS) is 12.5. The molecular weight excluding hydrogens is 267 g/mol. The number of pyridine rings is 1. The highest BCUT2D eigenvalue weighted by Crippen LogP contribution is 2.31. The minimum atomic E-state index is -1.18. The molecule has 0 aliphatic heterocycles. The first-order valence-electron chi connectivity index (χ1n) is 4.61. The Morgan fingerprint density at radius 1 is 1.53 bits per heavy atom. The van der Waals surface area contributed by atoms with Gasteiger partial charge in [-0.15, -0.1) is 11.3 Å². The molecule has 0 saturated heterocycles. The van der Waals surface area contributed by atoms with Crippen LogP contribution in [0.25, 0.3) is 0 Å². The number of hydrogen-bond donors (Lipinski definition) is 1. The van der Waals surface area contributed by atoms with Crippen LogP contribution in [-0.4, -0.2) is 22.2 Å². The number of nitrogens with zero attached hydrogens (tertiary/aromatic N) is 2. The lowest BCUT2D eigenvalue weighted by atomic mass is 10.1. The van der Waals surface area contributed by atoms with E-state index in [-0.39, 0.29) is 11.4 Å². The average Bonchev–Trinajstić information content (AvgIpc) is 2.75. The Hall–Kier alpha value is -1.24. The van der Waals surface area contributed by atoms with Crippen LogP contribution in [-0.2, 0) is 0 Å². The van der Waals surface area contributed by atoms with E-state index in [0.717, 1.165) is 11.3 Å². The molecule has 7 heteroatoms. The van der Waals surface area contributed by atoms with Gasteiger partial charge in [-0.05, 0) is 6.07 Å². The van der Waals surface area contributed by atoms with Gasteiger partial charge in [0.05, 0.1) is 13.3 Å². The summed E-state index contributed by atoms with van der Waals surface area (Å²) >= 11 is 6.79. The largest absolute Gasteiger partial charge is 0.479 e.